The Morgan fingerprint density at radius 2 is 2.24 bits per heavy atom. The van der Waals surface area contributed by atoms with E-state index in [1.807, 2.05) is 20.8 Å². The summed E-state index contributed by atoms with van der Waals surface area (Å²) in [6.45, 7) is 6.45. The van der Waals surface area contributed by atoms with Crippen LogP contribution in [-0.2, 0) is 4.74 Å². The van der Waals surface area contributed by atoms with Crippen LogP contribution in [-0.4, -0.2) is 17.2 Å². The number of nitrogens with two attached hydrogens (primary N) is 1. The SMILES string of the molecule is CCOC(C)(CC)C(NN)c1cncc(F)c1. The molecule has 3 N–H and O–H groups in total. The van der Waals surface area contributed by atoms with E-state index in [9.17, 15) is 4.39 Å². The van der Waals surface area contributed by atoms with Gasteiger partial charge in [-0.2, -0.15) is 0 Å². The molecule has 17 heavy (non-hydrogen) atoms. The maximum atomic E-state index is 13.2. The predicted octanol–water partition coefficient (Wildman–Crippen LogP) is 1.93. The maximum absolute atomic E-state index is 13.2. The number of ether oxygens (including phenoxy) is 1. The molecule has 0 bridgehead atoms. The van der Waals surface area contributed by atoms with E-state index < -0.39 is 5.60 Å². The van der Waals surface area contributed by atoms with Crippen molar-refractivity contribution in [2.24, 2.45) is 5.84 Å². The first-order valence-corrected chi connectivity index (χ1v) is 5.78. The van der Waals surface area contributed by atoms with Crippen LogP contribution < -0.4 is 11.3 Å². The largest absolute Gasteiger partial charge is 0.374 e. The summed E-state index contributed by atoms with van der Waals surface area (Å²) in [4.78, 5) is 3.83. The van der Waals surface area contributed by atoms with Gasteiger partial charge < -0.3 is 4.74 Å². The molecule has 1 aromatic rings. The normalized spacial score (nSPS) is 16.5. The van der Waals surface area contributed by atoms with Gasteiger partial charge in [-0.25, -0.2) is 4.39 Å². The lowest BCUT2D eigenvalue weighted by molar-refractivity contribution is -0.0565. The van der Waals surface area contributed by atoms with Crippen LogP contribution in [0.5, 0.6) is 0 Å². The van der Waals surface area contributed by atoms with E-state index in [0.717, 1.165) is 6.42 Å². The number of pyridine rings is 1. The minimum atomic E-state index is -0.487. The quantitative estimate of drug-likeness (QED) is 0.590. The van der Waals surface area contributed by atoms with Crippen LogP contribution in [0.3, 0.4) is 0 Å². The average Bonchev–Trinajstić information content (AvgIpc) is 2.30. The fourth-order valence-corrected chi connectivity index (χ4v) is 1.93. The van der Waals surface area contributed by atoms with Gasteiger partial charge in [-0.05, 0) is 31.9 Å². The number of hydrogen-bond acceptors (Lipinski definition) is 4. The summed E-state index contributed by atoms with van der Waals surface area (Å²) in [5, 5.41) is 0. The first-order chi connectivity index (χ1) is 8.07. The number of aromatic nitrogens is 1. The molecule has 2 unspecified atom stereocenters. The van der Waals surface area contributed by atoms with Gasteiger partial charge in [0.05, 0.1) is 17.8 Å². The van der Waals surface area contributed by atoms with E-state index in [1.165, 1.54) is 12.3 Å². The molecule has 1 rings (SSSR count). The first-order valence-electron chi connectivity index (χ1n) is 5.78. The van der Waals surface area contributed by atoms with Gasteiger partial charge in [0.1, 0.15) is 5.82 Å². The molecule has 1 aromatic heterocycles. The Kier molecular flexibility index (Phi) is 4.99. The number of halogens is 1. The first kappa shape index (κ1) is 14.0. The Morgan fingerprint density at radius 1 is 1.53 bits per heavy atom. The van der Waals surface area contributed by atoms with Gasteiger partial charge in [-0.3, -0.25) is 16.3 Å². The van der Waals surface area contributed by atoms with Crippen LogP contribution in [0.2, 0.25) is 0 Å². The zero-order chi connectivity index (χ0) is 12.9. The van der Waals surface area contributed by atoms with Crippen molar-refractivity contribution < 1.29 is 9.13 Å². The molecule has 0 fully saturated rings. The minimum Gasteiger partial charge on any atom is -0.374 e. The summed E-state index contributed by atoms with van der Waals surface area (Å²) in [5.41, 5.74) is 2.89. The second kappa shape index (κ2) is 6.05. The van der Waals surface area contributed by atoms with E-state index in [1.54, 1.807) is 6.20 Å². The fourth-order valence-electron chi connectivity index (χ4n) is 1.93. The smallest absolute Gasteiger partial charge is 0.141 e. The average molecular weight is 241 g/mol. The third kappa shape index (κ3) is 3.21. The van der Waals surface area contributed by atoms with Crippen molar-refractivity contribution in [2.75, 3.05) is 6.61 Å². The lowest BCUT2D eigenvalue weighted by Crippen LogP contribution is -2.46. The highest BCUT2D eigenvalue weighted by atomic mass is 19.1. The zero-order valence-corrected chi connectivity index (χ0v) is 10.5. The van der Waals surface area contributed by atoms with Gasteiger partial charge >= 0.3 is 0 Å². The van der Waals surface area contributed by atoms with Crippen LogP contribution in [0.25, 0.3) is 0 Å². The minimum absolute atomic E-state index is 0.296. The number of hydrogen-bond donors (Lipinski definition) is 2. The number of nitrogens with zero attached hydrogens (tertiary/aromatic N) is 1. The van der Waals surface area contributed by atoms with E-state index in [4.69, 9.17) is 10.6 Å². The van der Waals surface area contributed by atoms with Crippen molar-refractivity contribution >= 4 is 0 Å². The van der Waals surface area contributed by atoms with Gasteiger partial charge in [-0.1, -0.05) is 6.92 Å². The van der Waals surface area contributed by atoms with Crippen LogP contribution >= 0.6 is 0 Å². The Balaban J connectivity index is 3.04. The highest BCUT2D eigenvalue weighted by Crippen LogP contribution is 2.31. The Hall–Kier alpha value is -1.04. The zero-order valence-electron chi connectivity index (χ0n) is 10.5. The number of hydrazine groups is 1. The monoisotopic (exact) mass is 241 g/mol. The molecule has 0 aliphatic rings. The second-order valence-electron chi connectivity index (χ2n) is 4.14. The van der Waals surface area contributed by atoms with Crippen molar-refractivity contribution in [3.8, 4) is 0 Å². The molecule has 2 atom stereocenters. The number of rotatable bonds is 6. The maximum Gasteiger partial charge on any atom is 0.141 e. The molecular formula is C12H20FN3O. The third-order valence-corrected chi connectivity index (χ3v) is 3.01. The molecule has 0 spiro atoms. The summed E-state index contributed by atoms with van der Waals surface area (Å²) in [6.07, 6.45) is 3.52. The van der Waals surface area contributed by atoms with Crippen molar-refractivity contribution in [3.63, 3.8) is 0 Å². The van der Waals surface area contributed by atoms with E-state index in [2.05, 4.69) is 10.4 Å². The topological polar surface area (TPSA) is 60.2 Å². The third-order valence-electron chi connectivity index (χ3n) is 3.01. The van der Waals surface area contributed by atoms with Gasteiger partial charge in [0.25, 0.3) is 0 Å². The summed E-state index contributed by atoms with van der Waals surface area (Å²) in [7, 11) is 0. The molecular weight excluding hydrogens is 221 g/mol. The lowest BCUT2D eigenvalue weighted by atomic mass is 9.89. The Bertz CT molecular complexity index is 361. The summed E-state index contributed by atoms with van der Waals surface area (Å²) in [6, 6.07) is 1.13. The Morgan fingerprint density at radius 3 is 2.71 bits per heavy atom. The fraction of sp³-hybridized carbons (Fsp3) is 0.583. The summed E-state index contributed by atoms with van der Waals surface area (Å²) < 4.78 is 18.9. The van der Waals surface area contributed by atoms with Crippen LogP contribution in [0, 0.1) is 5.82 Å². The van der Waals surface area contributed by atoms with Gasteiger partial charge in [-0.15, -0.1) is 0 Å². The van der Waals surface area contributed by atoms with Gasteiger partial charge in [0, 0.05) is 12.8 Å². The van der Waals surface area contributed by atoms with Gasteiger partial charge in [0.2, 0.25) is 0 Å². The van der Waals surface area contributed by atoms with Crippen molar-refractivity contribution in [1.29, 1.82) is 0 Å². The standard InChI is InChI=1S/C12H20FN3O/c1-4-12(3,17-5-2)11(16-14)9-6-10(13)8-15-7-9/h6-8,11,16H,4-5,14H2,1-3H3. The summed E-state index contributed by atoms with van der Waals surface area (Å²) in [5.74, 6) is 5.19. The van der Waals surface area contributed by atoms with Crippen molar-refractivity contribution in [3.05, 3.63) is 29.8 Å². The Labute approximate surface area is 101 Å². The molecule has 96 valence electrons. The van der Waals surface area contributed by atoms with Crippen LogP contribution in [0.4, 0.5) is 4.39 Å². The lowest BCUT2D eigenvalue weighted by Gasteiger charge is -2.36. The van der Waals surface area contributed by atoms with Crippen LogP contribution in [0.1, 0.15) is 38.8 Å². The van der Waals surface area contributed by atoms with Gasteiger partial charge in [0.15, 0.2) is 0 Å². The highest BCUT2D eigenvalue weighted by molar-refractivity contribution is 5.18. The predicted molar refractivity (Wildman–Crippen MR) is 64.6 cm³/mol. The molecule has 0 aliphatic heterocycles. The summed E-state index contributed by atoms with van der Waals surface area (Å²) >= 11 is 0. The molecule has 0 saturated heterocycles. The van der Waals surface area contributed by atoms with Crippen molar-refractivity contribution in [1.82, 2.24) is 10.4 Å². The second-order valence-corrected chi connectivity index (χ2v) is 4.14. The van der Waals surface area contributed by atoms with Crippen molar-refractivity contribution in [2.45, 2.75) is 38.8 Å². The molecule has 1 heterocycles. The molecule has 5 heteroatoms. The number of nitrogens with one attached hydrogen (secondary N) is 1. The van der Waals surface area contributed by atoms with Crippen LogP contribution in [0.15, 0.2) is 18.5 Å². The molecule has 0 radical (unpaired) electrons. The molecule has 0 amide bonds. The molecule has 0 saturated carbocycles. The molecule has 0 aliphatic carbocycles. The van der Waals surface area contributed by atoms with E-state index >= 15 is 0 Å². The van der Waals surface area contributed by atoms with E-state index in [0.29, 0.717) is 12.2 Å². The highest BCUT2D eigenvalue weighted by Gasteiger charge is 2.34. The van der Waals surface area contributed by atoms with E-state index in [-0.39, 0.29) is 11.9 Å². The molecule has 0 aromatic carbocycles. The molecule has 4 nitrogen and oxygen atoms in total.